The van der Waals surface area contributed by atoms with Crippen LogP contribution in [0.1, 0.15) is 16.7 Å². The molecule has 4 nitrogen and oxygen atoms in total. The fourth-order valence-electron chi connectivity index (χ4n) is 1.95. The summed E-state index contributed by atoms with van der Waals surface area (Å²) in [5.41, 5.74) is 2.97. The number of hydrogen-bond donors (Lipinski definition) is 1. The summed E-state index contributed by atoms with van der Waals surface area (Å²) >= 11 is 0. The van der Waals surface area contributed by atoms with E-state index in [-0.39, 0.29) is 19.1 Å². The van der Waals surface area contributed by atoms with Gasteiger partial charge in [-0.1, -0.05) is 60.2 Å². The van der Waals surface area contributed by atoms with Gasteiger partial charge in [-0.3, -0.25) is 9.59 Å². The molecule has 118 valence electrons. The van der Waals surface area contributed by atoms with Crippen molar-refractivity contribution < 1.29 is 14.3 Å². The summed E-state index contributed by atoms with van der Waals surface area (Å²) in [4.78, 5) is 23.3. The van der Waals surface area contributed by atoms with Gasteiger partial charge in [-0.15, -0.1) is 0 Å². The minimum absolute atomic E-state index is 0.149. The monoisotopic (exact) mass is 309 g/mol. The third-order valence-corrected chi connectivity index (χ3v) is 3.12. The topological polar surface area (TPSA) is 55.4 Å². The van der Waals surface area contributed by atoms with Crippen molar-refractivity contribution in [1.29, 1.82) is 0 Å². The van der Waals surface area contributed by atoms with E-state index in [9.17, 15) is 9.59 Å². The first-order chi connectivity index (χ1) is 11.1. The van der Waals surface area contributed by atoms with Gasteiger partial charge < -0.3 is 10.1 Å². The molecule has 0 heterocycles. The third kappa shape index (κ3) is 6.18. The Hall–Kier alpha value is -2.88. The summed E-state index contributed by atoms with van der Waals surface area (Å²) in [6, 6.07) is 17.2. The minimum atomic E-state index is -0.467. The average Bonchev–Trinajstić information content (AvgIpc) is 2.57. The molecular formula is C19H19NO3. The Morgan fingerprint density at radius 2 is 1.87 bits per heavy atom. The molecule has 0 saturated carbocycles. The second-order valence-electron chi connectivity index (χ2n) is 5.11. The summed E-state index contributed by atoms with van der Waals surface area (Å²) in [5, 5.41) is 2.50. The summed E-state index contributed by atoms with van der Waals surface area (Å²) in [7, 11) is 0. The Morgan fingerprint density at radius 3 is 2.61 bits per heavy atom. The quantitative estimate of drug-likeness (QED) is 0.659. The number of esters is 1. The van der Waals surface area contributed by atoms with E-state index in [1.54, 1.807) is 6.08 Å². The van der Waals surface area contributed by atoms with Crippen molar-refractivity contribution in [2.24, 2.45) is 0 Å². The van der Waals surface area contributed by atoms with Crippen molar-refractivity contribution in [2.75, 3.05) is 6.54 Å². The van der Waals surface area contributed by atoms with Crippen LogP contribution in [-0.2, 0) is 20.9 Å². The molecular weight excluding hydrogens is 290 g/mol. The van der Waals surface area contributed by atoms with Crippen molar-refractivity contribution in [2.45, 2.75) is 13.5 Å². The minimum Gasteiger partial charge on any atom is -0.460 e. The van der Waals surface area contributed by atoms with Gasteiger partial charge in [-0.25, -0.2) is 0 Å². The largest absolute Gasteiger partial charge is 0.460 e. The maximum atomic E-state index is 11.7. The number of benzene rings is 2. The van der Waals surface area contributed by atoms with Gasteiger partial charge in [0.25, 0.3) is 0 Å². The Labute approximate surface area is 135 Å². The van der Waals surface area contributed by atoms with Crippen LogP contribution in [0.4, 0.5) is 0 Å². The molecule has 2 aromatic rings. The number of carbonyl (C=O) groups excluding carboxylic acids is 2. The van der Waals surface area contributed by atoms with Gasteiger partial charge in [-0.2, -0.15) is 0 Å². The van der Waals surface area contributed by atoms with Gasteiger partial charge >= 0.3 is 5.97 Å². The van der Waals surface area contributed by atoms with Crippen LogP contribution in [-0.4, -0.2) is 18.4 Å². The van der Waals surface area contributed by atoms with Gasteiger partial charge in [0.1, 0.15) is 13.2 Å². The van der Waals surface area contributed by atoms with Crippen LogP contribution in [0.3, 0.4) is 0 Å². The van der Waals surface area contributed by atoms with E-state index in [0.717, 1.165) is 16.7 Å². The second kappa shape index (κ2) is 8.54. The van der Waals surface area contributed by atoms with Crippen LogP contribution in [0.25, 0.3) is 6.08 Å². The highest BCUT2D eigenvalue weighted by Crippen LogP contribution is 2.05. The second-order valence-corrected chi connectivity index (χ2v) is 5.11. The molecule has 0 aromatic heterocycles. The van der Waals surface area contributed by atoms with E-state index in [0.29, 0.717) is 0 Å². The number of amides is 1. The summed E-state index contributed by atoms with van der Waals surface area (Å²) < 4.78 is 5.08. The van der Waals surface area contributed by atoms with Crippen LogP contribution in [0.5, 0.6) is 0 Å². The number of hydrogen-bond acceptors (Lipinski definition) is 3. The SMILES string of the molecule is Cc1cccc(/C=C/C(=O)NCC(=O)OCc2ccccc2)c1. The first kappa shape index (κ1) is 16.5. The third-order valence-electron chi connectivity index (χ3n) is 3.12. The lowest BCUT2D eigenvalue weighted by Crippen LogP contribution is -2.29. The first-order valence-electron chi connectivity index (χ1n) is 7.35. The van der Waals surface area contributed by atoms with Crippen molar-refractivity contribution >= 4 is 18.0 Å². The maximum Gasteiger partial charge on any atom is 0.325 e. The van der Waals surface area contributed by atoms with Gasteiger partial charge in [0.05, 0.1) is 0 Å². The predicted octanol–water partition coefficient (Wildman–Crippen LogP) is 2.87. The Balaban J connectivity index is 1.72. The highest BCUT2D eigenvalue weighted by molar-refractivity contribution is 5.93. The van der Waals surface area contributed by atoms with E-state index in [1.807, 2.05) is 61.5 Å². The Bertz CT molecular complexity index is 693. The van der Waals surface area contributed by atoms with Crippen LogP contribution in [0.2, 0.25) is 0 Å². The maximum absolute atomic E-state index is 11.7. The van der Waals surface area contributed by atoms with Crippen molar-refractivity contribution in [3.63, 3.8) is 0 Å². The van der Waals surface area contributed by atoms with Crippen molar-refractivity contribution in [3.8, 4) is 0 Å². The van der Waals surface area contributed by atoms with Crippen molar-refractivity contribution in [1.82, 2.24) is 5.32 Å². The highest BCUT2D eigenvalue weighted by atomic mass is 16.5. The van der Waals surface area contributed by atoms with Crippen LogP contribution >= 0.6 is 0 Å². The zero-order chi connectivity index (χ0) is 16.5. The number of ether oxygens (including phenoxy) is 1. The lowest BCUT2D eigenvalue weighted by molar-refractivity contribution is -0.144. The molecule has 0 aliphatic rings. The molecule has 23 heavy (non-hydrogen) atoms. The molecule has 0 spiro atoms. The molecule has 2 aromatic carbocycles. The van der Waals surface area contributed by atoms with Gasteiger partial charge in [0.2, 0.25) is 5.91 Å². The molecule has 1 N–H and O–H groups in total. The van der Waals surface area contributed by atoms with E-state index in [1.165, 1.54) is 6.08 Å². The first-order valence-corrected chi connectivity index (χ1v) is 7.35. The summed E-state index contributed by atoms with van der Waals surface area (Å²) in [5.74, 6) is -0.797. The predicted molar refractivity (Wildman–Crippen MR) is 89.5 cm³/mol. The zero-order valence-corrected chi connectivity index (χ0v) is 13.0. The average molecular weight is 309 g/mol. The molecule has 0 fully saturated rings. The van der Waals surface area contributed by atoms with Crippen molar-refractivity contribution in [3.05, 3.63) is 77.4 Å². The molecule has 1 amide bonds. The Kier molecular flexibility index (Phi) is 6.12. The number of aryl methyl sites for hydroxylation is 1. The molecule has 0 aliphatic heterocycles. The van der Waals surface area contributed by atoms with Gasteiger partial charge in [0.15, 0.2) is 0 Å². The lowest BCUT2D eigenvalue weighted by atomic mass is 10.1. The molecule has 0 atom stereocenters. The molecule has 0 aliphatic carbocycles. The van der Waals surface area contributed by atoms with E-state index in [4.69, 9.17) is 4.74 Å². The normalized spacial score (nSPS) is 10.5. The van der Waals surface area contributed by atoms with E-state index < -0.39 is 5.97 Å². The Morgan fingerprint density at radius 1 is 1.09 bits per heavy atom. The molecule has 2 rings (SSSR count). The van der Waals surface area contributed by atoms with Crippen LogP contribution in [0, 0.1) is 6.92 Å². The van der Waals surface area contributed by atoms with E-state index >= 15 is 0 Å². The summed E-state index contributed by atoms with van der Waals surface area (Å²) in [6.45, 7) is 2.04. The molecule has 4 heteroatoms. The molecule has 0 unspecified atom stereocenters. The molecule has 0 radical (unpaired) electrons. The molecule has 0 bridgehead atoms. The van der Waals surface area contributed by atoms with Crippen LogP contribution in [0.15, 0.2) is 60.7 Å². The fourth-order valence-corrected chi connectivity index (χ4v) is 1.95. The smallest absolute Gasteiger partial charge is 0.325 e. The summed E-state index contributed by atoms with van der Waals surface area (Å²) in [6.07, 6.45) is 3.11. The van der Waals surface area contributed by atoms with Gasteiger partial charge in [-0.05, 0) is 24.1 Å². The number of rotatable bonds is 6. The van der Waals surface area contributed by atoms with Gasteiger partial charge in [0, 0.05) is 6.08 Å². The van der Waals surface area contributed by atoms with Crippen LogP contribution < -0.4 is 5.32 Å². The molecule has 0 saturated heterocycles. The van der Waals surface area contributed by atoms with E-state index in [2.05, 4.69) is 5.32 Å². The standard InChI is InChI=1S/C19H19NO3/c1-15-6-5-9-16(12-15)10-11-18(21)20-13-19(22)23-14-17-7-3-2-4-8-17/h2-12H,13-14H2,1H3,(H,20,21)/b11-10+. The number of carbonyl (C=O) groups is 2. The number of nitrogens with one attached hydrogen (secondary N) is 1. The fraction of sp³-hybridized carbons (Fsp3) is 0.158. The highest BCUT2D eigenvalue weighted by Gasteiger charge is 2.04. The lowest BCUT2D eigenvalue weighted by Gasteiger charge is -2.05. The zero-order valence-electron chi connectivity index (χ0n) is 13.0.